The molecule has 1 amide bonds. The molecule has 0 unspecified atom stereocenters. The van der Waals surface area contributed by atoms with Crippen LogP contribution in [0.15, 0.2) is 68.9 Å². The Morgan fingerprint density at radius 3 is 2.52 bits per heavy atom. The van der Waals surface area contributed by atoms with E-state index in [9.17, 15) is 4.79 Å². The summed E-state index contributed by atoms with van der Waals surface area (Å²) in [5, 5.41) is 5.97. The molecule has 4 rings (SSSR count). The molecule has 7 heteroatoms. The number of carbonyl (C=O) groups excluding carboxylic acids is 1. The monoisotopic (exact) mass is 366 g/mol. The molecule has 1 aromatic carbocycles. The highest BCUT2D eigenvalue weighted by Crippen LogP contribution is 2.36. The molecular weight excluding hydrogens is 348 g/mol. The number of nitrogens with zero attached hydrogens (tertiary/aromatic N) is 2. The van der Waals surface area contributed by atoms with Crippen LogP contribution in [0, 0.1) is 0 Å². The zero-order valence-electron chi connectivity index (χ0n) is 14.9. The molecular formula is C20H18N2O5. The Balaban J connectivity index is 1.71. The Morgan fingerprint density at radius 1 is 1.07 bits per heavy atom. The SMILES string of the molecule is COc1ccc(C2=NN(C(=O)c3ccco3)[C@H](c3ccco3)C2)cc1OC. The second-order valence-electron chi connectivity index (χ2n) is 5.98. The lowest BCUT2D eigenvalue weighted by atomic mass is 10.0. The first-order valence-electron chi connectivity index (χ1n) is 8.41. The first-order chi connectivity index (χ1) is 13.2. The maximum atomic E-state index is 12.9. The molecule has 0 aliphatic carbocycles. The van der Waals surface area contributed by atoms with Gasteiger partial charge in [0.25, 0.3) is 0 Å². The lowest BCUT2D eigenvalue weighted by Gasteiger charge is -2.18. The number of hydrogen-bond donors (Lipinski definition) is 0. The van der Waals surface area contributed by atoms with Gasteiger partial charge < -0.3 is 18.3 Å². The number of rotatable bonds is 5. The molecule has 0 N–H and O–H groups in total. The Kier molecular flexibility index (Phi) is 4.42. The normalized spacial score (nSPS) is 16.3. The predicted molar refractivity (Wildman–Crippen MR) is 97.0 cm³/mol. The van der Waals surface area contributed by atoms with Gasteiger partial charge in [0.15, 0.2) is 17.3 Å². The minimum atomic E-state index is -0.347. The highest BCUT2D eigenvalue weighted by molar-refractivity contribution is 6.04. The fourth-order valence-electron chi connectivity index (χ4n) is 3.10. The average molecular weight is 366 g/mol. The van der Waals surface area contributed by atoms with Gasteiger partial charge in [0.05, 0.1) is 32.5 Å². The Bertz CT molecular complexity index is 960. The number of benzene rings is 1. The lowest BCUT2D eigenvalue weighted by Crippen LogP contribution is -2.26. The highest BCUT2D eigenvalue weighted by atomic mass is 16.5. The van der Waals surface area contributed by atoms with Crippen LogP contribution in [0.25, 0.3) is 0 Å². The molecule has 3 heterocycles. The van der Waals surface area contributed by atoms with Gasteiger partial charge in [-0.2, -0.15) is 5.10 Å². The van der Waals surface area contributed by atoms with Gasteiger partial charge >= 0.3 is 5.91 Å². The van der Waals surface area contributed by atoms with Crippen molar-refractivity contribution >= 4 is 11.6 Å². The maximum Gasteiger partial charge on any atom is 0.310 e. The number of hydrazone groups is 1. The van der Waals surface area contributed by atoms with Gasteiger partial charge in [-0.05, 0) is 42.5 Å². The van der Waals surface area contributed by atoms with Gasteiger partial charge in [0, 0.05) is 12.0 Å². The molecule has 0 saturated heterocycles. The van der Waals surface area contributed by atoms with Gasteiger partial charge in [-0.3, -0.25) is 4.79 Å². The number of ether oxygens (including phenoxy) is 2. The molecule has 2 aromatic heterocycles. The van der Waals surface area contributed by atoms with Crippen molar-refractivity contribution in [3.8, 4) is 11.5 Å². The number of hydrogen-bond acceptors (Lipinski definition) is 6. The number of methoxy groups -OCH3 is 2. The van der Waals surface area contributed by atoms with Crippen molar-refractivity contribution in [2.45, 2.75) is 12.5 Å². The van der Waals surface area contributed by atoms with E-state index >= 15 is 0 Å². The summed E-state index contributed by atoms with van der Waals surface area (Å²) >= 11 is 0. The van der Waals surface area contributed by atoms with E-state index in [2.05, 4.69) is 5.10 Å². The first-order valence-corrected chi connectivity index (χ1v) is 8.41. The summed E-state index contributed by atoms with van der Waals surface area (Å²) in [7, 11) is 3.16. The zero-order valence-corrected chi connectivity index (χ0v) is 14.9. The Morgan fingerprint density at radius 2 is 1.85 bits per heavy atom. The van der Waals surface area contributed by atoms with E-state index in [4.69, 9.17) is 18.3 Å². The van der Waals surface area contributed by atoms with Crippen LogP contribution >= 0.6 is 0 Å². The van der Waals surface area contributed by atoms with E-state index in [-0.39, 0.29) is 17.7 Å². The van der Waals surface area contributed by atoms with Crippen molar-refractivity contribution in [3.05, 3.63) is 72.1 Å². The molecule has 0 spiro atoms. The van der Waals surface area contributed by atoms with E-state index in [1.165, 1.54) is 11.3 Å². The van der Waals surface area contributed by atoms with Crippen LogP contribution in [0.1, 0.15) is 34.3 Å². The molecule has 27 heavy (non-hydrogen) atoms. The van der Waals surface area contributed by atoms with E-state index in [1.807, 2.05) is 24.3 Å². The standard InChI is InChI=1S/C20H18N2O5/c1-24-17-8-7-13(11-19(17)25-2)14-12-15(16-5-3-9-26-16)22(21-14)20(23)18-6-4-10-27-18/h3-11,15H,12H2,1-2H3/t15-/m0/s1. The summed E-state index contributed by atoms with van der Waals surface area (Å²) in [4.78, 5) is 12.9. The molecule has 0 saturated carbocycles. The average Bonchev–Trinajstić information content (AvgIpc) is 3.47. The number of carbonyl (C=O) groups is 1. The van der Waals surface area contributed by atoms with Gasteiger partial charge in [0.2, 0.25) is 0 Å². The van der Waals surface area contributed by atoms with Crippen LogP contribution in [0.4, 0.5) is 0 Å². The lowest BCUT2D eigenvalue weighted by molar-refractivity contribution is 0.0660. The second-order valence-corrected chi connectivity index (χ2v) is 5.98. The van der Waals surface area contributed by atoms with Crippen LogP contribution in [0.5, 0.6) is 11.5 Å². The topological polar surface area (TPSA) is 77.4 Å². The van der Waals surface area contributed by atoms with E-state index in [0.717, 1.165) is 11.3 Å². The van der Waals surface area contributed by atoms with E-state index in [1.54, 1.807) is 38.7 Å². The third-order valence-electron chi connectivity index (χ3n) is 4.44. The Hall–Kier alpha value is -3.48. The van der Waals surface area contributed by atoms with Crippen molar-refractivity contribution < 1.29 is 23.1 Å². The number of furan rings is 2. The van der Waals surface area contributed by atoms with Crippen LogP contribution in [-0.2, 0) is 0 Å². The summed E-state index contributed by atoms with van der Waals surface area (Å²) in [6.45, 7) is 0. The minimum Gasteiger partial charge on any atom is -0.493 e. The zero-order chi connectivity index (χ0) is 18.8. The van der Waals surface area contributed by atoms with Crippen LogP contribution in [-0.4, -0.2) is 30.8 Å². The minimum absolute atomic E-state index is 0.226. The smallest absolute Gasteiger partial charge is 0.310 e. The van der Waals surface area contributed by atoms with Crippen molar-refractivity contribution in [3.63, 3.8) is 0 Å². The molecule has 138 valence electrons. The van der Waals surface area contributed by atoms with Gasteiger partial charge in [-0.1, -0.05) is 0 Å². The van der Waals surface area contributed by atoms with E-state index < -0.39 is 0 Å². The molecule has 0 radical (unpaired) electrons. The predicted octanol–water partition coefficient (Wildman–Crippen LogP) is 3.88. The van der Waals surface area contributed by atoms with Gasteiger partial charge in [-0.15, -0.1) is 0 Å². The molecule has 0 fully saturated rings. The quantitative estimate of drug-likeness (QED) is 0.685. The van der Waals surface area contributed by atoms with Crippen molar-refractivity contribution in [1.82, 2.24) is 5.01 Å². The van der Waals surface area contributed by atoms with Crippen LogP contribution < -0.4 is 9.47 Å². The molecule has 7 nitrogen and oxygen atoms in total. The van der Waals surface area contributed by atoms with E-state index in [0.29, 0.717) is 23.7 Å². The molecule has 1 aliphatic heterocycles. The fraction of sp³-hybridized carbons (Fsp3) is 0.200. The Labute approximate surface area is 155 Å². The fourth-order valence-corrected chi connectivity index (χ4v) is 3.10. The second kappa shape index (κ2) is 7.03. The largest absolute Gasteiger partial charge is 0.493 e. The highest BCUT2D eigenvalue weighted by Gasteiger charge is 2.36. The van der Waals surface area contributed by atoms with Crippen molar-refractivity contribution in [2.24, 2.45) is 5.10 Å². The summed E-state index contributed by atoms with van der Waals surface area (Å²) in [6, 6.07) is 12.1. The summed E-state index contributed by atoms with van der Waals surface area (Å²) < 4.78 is 21.5. The number of amides is 1. The van der Waals surface area contributed by atoms with Gasteiger partial charge in [-0.25, -0.2) is 5.01 Å². The third-order valence-corrected chi connectivity index (χ3v) is 4.44. The summed E-state index contributed by atoms with van der Waals surface area (Å²) in [5.41, 5.74) is 1.59. The molecule has 1 aliphatic rings. The molecule has 1 atom stereocenters. The van der Waals surface area contributed by atoms with Gasteiger partial charge in [0.1, 0.15) is 11.8 Å². The van der Waals surface area contributed by atoms with Crippen molar-refractivity contribution in [1.29, 1.82) is 0 Å². The van der Waals surface area contributed by atoms with Crippen LogP contribution in [0.2, 0.25) is 0 Å². The summed E-state index contributed by atoms with van der Waals surface area (Å²) in [6.07, 6.45) is 3.55. The maximum absolute atomic E-state index is 12.9. The van der Waals surface area contributed by atoms with Crippen molar-refractivity contribution in [2.75, 3.05) is 14.2 Å². The first kappa shape index (κ1) is 17.0. The third kappa shape index (κ3) is 3.08. The molecule has 3 aromatic rings. The summed E-state index contributed by atoms with van der Waals surface area (Å²) in [5.74, 6) is 1.80. The molecule has 0 bridgehead atoms. The van der Waals surface area contributed by atoms with Crippen LogP contribution in [0.3, 0.4) is 0 Å².